The summed E-state index contributed by atoms with van der Waals surface area (Å²) in [6.07, 6.45) is 12.3. The molecule has 0 saturated carbocycles. The quantitative estimate of drug-likeness (QED) is 0.782. The van der Waals surface area contributed by atoms with Crippen LogP contribution >= 0.6 is 0 Å². The van der Waals surface area contributed by atoms with E-state index >= 15 is 0 Å². The number of allylic oxidation sites excluding steroid dienone is 5. The molecule has 0 aromatic heterocycles. The lowest BCUT2D eigenvalue weighted by Crippen LogP contribution is -2.49. The summed E-state index contributed by atoms with van der Waals surface area (Å²) >= 11 is 0. The van der Waals surface area contributed by atoms with Crippen LogP contribution < -0.4 is 10.1 Å². The summed E-state index contributed by atoms with van der Waals surface area (Å²) < 4.78 is 5.47. The lowest BCUT2D eigenvalue weighted by Gasteiger charge is -2.31. The van der Waals surface area contributed by atoms with Crippen molar-refractivity contribution < 1.29 is 4.74 Å². The van der Waals surface area contributed by atoms with Crippen LogP contribution in [0.5, 0.6) is 5.75 Å². The normalized spacial score (nSPS) is 24.4. The average molecular weight is 392 g/mol. The Morgan fingerprint density at radius 1 is 1.28 bits per heavy atom. The van der Waals surface area contributed by atoms with Crippen LogP contribution in [0.3, 0.4) is 0 Å². The molecule has 0 spiro atoms. The SMILES string of the molecule is COc1ccc(C)c(C2=C3N=C(CCCN4CCN[C@@H](C)C4)C=CCC3C=C2)c1. The maximum absolute atomic E-state index is 5.47. The van der Waals surface area contributed by atoms with E-state index in [1.165, 1.54) is 28.1 Å². The molecule has 1 N–H and O–H groups in total. The first-order chi connectivity index (χ1) is 14.1. The molecule has 1 fully saturated rings. The maximum atomic E-state index is 5.47. The van der Waals surface area contributed by atoms with Gasteiger partial charge in [-0.15, -0.1) is 0 Å². The van der Waals surface area contributed by atoms with Gasteiger partial charge in [-0.1, -0.05) is 24.3 Å². The van der Waals surface area contributed by atoms with Gasteiger partial charge in [0, 0.05) is 42.9 Å². The first kappa shape index (κ1) is 20.1. The molecule has 4 heteroatoms. The maximum Gasteiger partial charge on any atom is 0.119 e. The number of fused-ring (bicyclic) bond motifs is 1. The smallest absolute Gasteiger partial charge is 0.119 e. The van der Waals surface area contributed by atoms with Crippen LogP contribution in [0, 0.1) is 12.8 Å². The molecule has 29 heavy (non-hydrogen) atoms. The minimum absolute atomic E-state index is 0.387. The highest BCUT2D eigenvalue weighted by Crippen LogP contribution is 2.38. The topological polar surface area (TPSA) is 36.9 Å². The van der Waals surface area contributed by atoms with E-state index in [9.17, 15) is 0 Å². The van der Waals surface area contributed by atoms with Crippen molar-refractivity contribution in [3.05, 3.63) is 59.3 Å². The lowest BCUT2D eigenvalue weighted by atomic mass is 9.97. The van der Waals surface area contributed by atoms with Crippen LogP contribution in [0.2, 0.25) is 0 Å². The highest BCUT2D eigenvalue weighted by atomic mass is 16.5. The minimum Gasteiger partial charge on any atom is -0.497 e. The predicted molar refractivity (Wildman–Crippen MR) is 122 cm³/mol. The van der Waals surface area contributed by atoms with Crippen LogP contribution in [0.4, 0.5) is 0 Å². The van der Waals surface area contributed by atoms with Crippen molar-refractivity contribution in [2.45, 2.75) is 39.2 Å². The Hall–Kier alpha value is -2.17. The fourth-order valence-electron chi connectivity index (χ4n) is 4.55. The molecule has 4 nitrogen and oxygen atoms in total. The Kier molecular flexibility index (Phi) is 6.31. The van der Waals surface area contributed by atoms with Crippen molar-refractivity contribution in [1.82, 2.24) is 10.2 Å². The third kappa shape index (κ3) is 4.71. The monoisotopic (exact) mass is 391 g/mol. The zero-order valence-corrected chi connectivity index (χ0v) is 17.9. The second kappa shape index (κ2) is 9.10. The van der Waals surface area contributed by atoms with Gasteiger partial charge in [-0.3, -0.25) is 4.99 Å². The van der Waals surface area contributed by atoms with Gasteiger partial charge in [0.05, 0.1) is 12.8 Å². The standard InChI is InChI=1S/C25H33N3O/c1-18-9-11-22(29-3)16-24(18)23-12-10-20-6-4-7-21(27-25(20)23)8-5-14-28-15-13-26-19(2)17-28/h4,7,9-12,16,19-20,26H,5-6,8,13-15,17H2,1-3H3/t19-,20?/m0/s1. The molecule has 1 aliphatic carbocycles. The molecular weight excluding hydrogens is 358 g/mol. The molecule has 1 aromatic carbocycles. The fourth-order valence-corrected chi connectivity index (χ4v) is 4.55. The van der Waals surface area contributed by atoms with Gasteiger partial charge in [0.15, 0.2) is 0 Å². The van der Waals surface area contributed by atoms with Gasteiger partial charge in [0.2, 0.25) is 0 Å². The van der Waals surface area contributed by atoms with Gasteiger partial charge in [-0.25, -0.2) is 0 Å². The summed E-state index contributed by atoms with van der Waals surface area (Å²) in [7, 11) is 1.73. The largest absolute Gasteiger partial charge is 0.497 e. The first-order valence-electron chi connectivity index (χ1n) is 10.9. The number of nitrogens with zero attached hydrogens (tertiary/aromatic N) is 2. The Bertz CT molecular complexity index is 865. The number of nitrogens with one attached hydrogen (secondary N) is 1. The molecule has 1 aromatic rings. The molecule has 1 saturated heterocycles. The zero-order valence-electron chi connectivity index (χ0n) is 17.9. The lowest BCUT2D eigenvalue weighted by molar-refractivity contribution is 0.206. The molecule has 0 bridgehead atoms. The van der Waals surface area contributed by atoms with Crippen molar-refractivity contribution in [2.75, 3.05) is 33.3 Å². The van der Waals surface area contributed by atoms with E-state index in [0.717, 1.165) is 51.2 Å². The molecule has 2 atom stereocenters. The highest BCUT2D eigenvalue weighted by Gasteiger charge is 2.24. The molecule has 0 radical (unpaired) electrons. The summed E-state index contributed by atoms with van der Waals surface area (Å²) in [5.74, 6) is 1.29. The van der Waals surface area contributed by atoms with E-state index in [2.05, 4.69) is 60.5 Å². The van der Waals surface area contributed by atoms with Crippen molar-refractivity contribution in [3.8, 4) is 5.75 Å². The van der Waals surface area contributed by atoms with Crippen LogP contribution in [-0.2, 0) is 0 Å². The zero-order chi connectivity index (χ0) is 20.2. The highest BCUT2D eigenvalue weighted by molar-refractivity contribution is 5.97. The molecule has 0 amide bonds. The van der Waals surface area contributed by atoms with Gasteiger partial charge in [-0.2, -0.15) is 0 Å². The van der Waals surface area contributed by atoms with Gasteiger partial charge < -0.3 is 15.0 Å². The molecule has 2 aliphatic heterocycles. The number of rotatable bonds is 6. The third-order valence-corrected chi connectivity index (χ3v) is 6.18. The van der Waals surface area contributed by atoms with Gasteiger partial charge in [0.25, 0.3) is 0 Å². The van der Waals surface area contributed by atoms with Crippen molar-refractivity contribution in [3.63, 3.8) is 0 Å². The third-order valence-electron chi connectivity index (χ3n) is 6.18. The van der Waals surface area contributed by atoms with Crippen molar-refractivity contribution in [1.29, 1.82) is 0 Å². The number of hydrogen-bond acceptors (Lipinski definition) is 4. The van der Waals surface area contributed by atoms with Gasteiger partial charge in [-0.05, 0) is 69.0 Å². The molecule has 4 rings (SSSR count). The number of benzene rings is 1. The van der Waals surface area contributed by atoms with Gasteiger partial charge in [0.1, 0.15) is 5.75 Å². The van der Waals surface area contributed by atoms with E-state index < -0.39 is 0 Å². The molecule has 154 valence electrons. The van der Waals surface area contributed by atoms with E-state index in [1.54, 1.807) is 7.11 Å². The summed E-state index contributed by atoms with van der Waals surface area (Å²) in [6.45, 7) is 9.00. The van der Waals surface area contributed by atoms with Crippen LogP contribution in [0.25, 0.3) is 5.57 Å². The molecular formula is C25H33N3O. The number of aryl methyl sites for hydroxylation is 1. The molecule has 3 aliphatic rings. The minimum atomic E-state index is 0.387. The molecule has 2 heterocycles. The Morgan fingerprint density at radius 2 is 2.17 bits per heavy atom. The summed E-state index contributed by atoms with van der Waals surface area (Å²) in [5.41, 5.74) is 6.19. The summed E-state index contributed by atoms with van der Waals surface area (Å²) in [5, 5.41) is 3.52. The number of hydrogen-bond donors (Lipinski definition) is 1. The number of piperazine rings is 1. The van der Waals surface area contributed by atoms with Crippen LogP contribution in [0.15, 0.2) is 53.2 Å². The molecule has 1 unspecified atom stereocenters. The second-order valence-corrected chi connectivity index (χ2v) is 8.45. The van der Waals surface area contributed by atoms with Crippen molar-refractivity contribution >= 4 is 11.3 Å². The van der Waals surface area contributed by atoms with Crippen molar-refractivity contribution in [2.24, 2.45) is 10.9 Å². The van der Waals surface area contributed by atoms with Gasteiger partial charge >= 0.3 is 0 Å². The number of methoxy groups -OCH3 is 1. The average Bonchev–Trinajstić information content (AvgIpc) is 2.99. The fraction of sp³-hybridized carbons (Fsp3) is 0.480. The number of aliphatic imine (C=N–C) groups is 1. The van der Waals surface area contributed by atoms with Crippen LogP contribution in [-0.4, -0.2) is 49.9 Å². The summed E-state index contributed by atoms with van der Waals surface area (Å²) in [4.78, 5) is 7.74. The van der Waals surface area contributed by atoms with E-state index in [1.807, 2.05) is 6.07 Å². The number of ether oxygens (including phenoxy) is 1. The summed E-state index contributed by atoms with van der Waals surface area (Å²) in [6, 6.07) is 6.91. The Balaban J connectivity index is 1.51. The Morgan fingerprint density at radius 3 is 3.00 bits per heavy atom. The van der Waals surface area contributed by atoms with E-state index in [4.69, 9.17) is 9.73 Å². The predicted octanol–water partition coefficient (Wildman–Crippen LogP) is 4.38. The first-order valence-corrected chi connectivity index (χ1v) is 10.9. The van der Waals surface area contributed by atoms with E-state index in [0.29, 0.717) is 12.0 Å². The van der Waals surface area contributed by atoms with E-state index in [-0.39, 0.29) is 0 Å². The Labute approximate surface area is 175 Å². The van der Waals surface area contributed by atoms with Crippen LogP contribution in [0.1, 0.15) is 37.3 Å². The second-order valence-electron chi connectivity index (χ2n) is 8.45.